The third-order valence-electron chi connectivity index (χ3n) is 4.58. The van der Waals surface area contributed by atoms with Gasteiger partial charge in [-0.1, -0.05) is 42.5 Å². The molecule has 4 heteroatoms. The summed E-state index contributed by atoms with van der Waals surface area (Å²) in [6, 6.07) is 10.6. The average molecular weight is 329 g/mol. The van der Waals surface area contributed by atoms with Gasteiger partial charge in [0.1, 0.15) is 0 Å². The van der Waals surface area contributed by atoms with Crippen LogP contribution in [0.2, 0.25) is 0 Å². The summed E-state index contributed by atoms with van der Waals surface area (Å²) in [5, 5.41) is 0. The number of likely N-dealkylation sites (N-methyl/N-ethyl adjacent to an activating group) is 1. The molecule has 0 unspecified atom stereocenters. The number of benzene rings is 1. The topological polar surface area (TPSA) is 26.8 Å². The maximum atomic E-state index is 12.4. The molecule has 132 valence electrons. The Bertz CT molecular complexity index is 521. The Hall–Kier alpha value is -1.65. The molecule has 0 aromatic heterocycles. The first-order valence-electron chi connectivity index (χ1n) is 8.99. The van der Waals surface area contributed by atoms with Gasteiger partial charge in [0.2, 0.25) is 5.91 Å². The van der Waals surface area contributed by atoms with Gasteiger partial charge in [0, 0.05) is 45.8 Å². The van der Waals surface area contributed by atoms with E-state index in [2.05, 4.69) is 46.7 Å². The van der Waals surface area contributed by atoms with Gasteiger partial charge in [-0.25, -0.2) is 0 Å². The minimum Gasteiger partial charge on any atom is -0.338 e. The van der Waals surface area contributed by atoms with Crippen molar-refractivity contribution in [3.05, 3.63) is 48.0 Å². The maximum absolute atomic E-state index is 12.4. The molecule has 0 aliphatic carbocycles. The number of piperazine rings is 1. The smallest absolute Gasteiger partial charge is 0.237 e. The Balaban J connectivity index is 1.70. The second-order valence-electron chi connectivity index (χ2n) is 6.72. The number of carbonyl (C=O) groups excluding carboxylic acids is 1. The molecular weight excluding hydrogens is 298 g/mol. The van der Waals surface area contributed by atoms with Crippen molar-refractivity contribution in [3.8, 4) is 0 Å². The van der Waals surface area contributed by atoms with Crippen molar-refractivity contribution < 1.29 is 4.79 Å². The van der Waals surface area contributed by atoms with E-state index in [1.54, 1.807) is 0 Å². The lowest BCUT2D eigenvalue weighted by atomic mass is 10.1. The maximum Gasteiger partial charge on any atom is 0.237 e. The van der Waals surface area contributed by atoms with Gasteiger partial charge >= 0.3 is 0 Å². The van der Waals surface area contributed by atoms with Crippen LogP contribution in [0.4, 0.5) is 0 Å². The van der Waals surface area contributed by atoms with Crippen molar-refractivity contribution >= 4 is 5.91 Å². The zero-order valence-electron chi connectivity index (χ0n) is 15.2. The molecule has 1 amide bonds. The minimum atomic E-state index is 0.221. The minimum absolute atomic E-state index is 0.221. The van der Waals surface area contributed by atoms with Crippen LogP contribution in [0, 0.1) is 0 Å². The number of hydrogen-bond donors (Lipinski definition) is 0. The van der Waals surface area contributed by atoms with E-state index in [9.17, 15) is 4.79 Å². The van der Waals surface area contributed by atoms with Gasteiger partial charge in [0.05, 0.1) is 6.54 Å². The number of hydrogen-bond acceptors (Lipinski definition) is 3. The molecule has 1 aliphatic rings. The lowest BCUT2D eigenvalue weighted by molar-refractivity contribution is -0.132. The second-order valence-corrected chi connectivity index (χ2v) is 6.72. The van der Waals surface area contributed by atoms with Crippen LogP contribution in [0.15, 0.2) is 42.5 Å². The SMILES string of the molecule is C=C(C)CN(CC)C(=O)CN1CCN(CCc2ccccc2)CC1. The van der Waals surface area contributed by atoms with Crippen LogP contribution in [-0.2, 0) is 11.2 Å². The molecular formula is C20H31N3O. The van der Waals surface area contributed by atoms with Crippen molar-refractivity contribution in [1.29, 1.82) is 0 Å². The van der Waals surface area contributed by atoms with Gasteiger partial charge in [0.25, 0.3) is 0 Å². The van der Waals surface area contributed by atoms with E-state index in [0.717, 1.165) is 51.3 Å². The standard InChI is InChI=1S/C20H31N3O/c1-4-23(16-18(2)3)20(24)17-22-14-12-21(13-15-22)11-10-19-8-6-5-7-9-19/h5-9H,2,4,10-17H2,1,3H3. The molecule has 0 spiro atoms. The van der Waals surface area contributed by atoms with Crippen LogP contribution in [0.5, 0.6) is 0 Å². The third kappa shape index (κ3) is 6.10. The summed E-state index contributed by atoms with van der Waals surface area (Å²) in [7, 11) is 0. The van der Waals surface area contributed by atoms with E-state index in [4.69, 9.17) is 0 Å². The number of rotatable bonds is 8. The molecule has 0 N–H and O–H groups in total. The molecule has 1 fully saturated rings. The Morgan fingerprint density at radius 3 is 2.33 bits per heavy atom. The van der Waals surface area contributed by atoms with Gasteiger partial charge in [-0.15, -0.1) is 0 Å². The van der Waals surface area contributed by atoms with Gasteiger partial charge < -0.3 is 9.80 Å². The molecule has 1 saturated heterocycles. The van der Waals surface area contributed by atoms with Crippen LogP contribution < -0.4 is 0 Å². The monoisotopic (exact) mass is 329 g/mol. The molecule has 0 bridgehead atoms. The van der Waals surface area contributed by atoms with Crippen molar-refractivity contribution in [3.63, 3.8) is 0 Å². The molecule has 1 aromatic rings. The van der Waals surface area contributed by atoms with Crippen molar-refractivity contribution in [2.45, 2.75) is 20.3 Å². The summed E-state index contributed by atoms with van der Waals surface area (Å²) in [5.41, 5.74) is 2.43. The summed E-state index contributed by atoms with van der Waals surface area (Å²) < 4.78 is 0. The summed E-state index contributed by atoms with van der Waals surface area (Å²) in [6.45, 7) is 15.0. The lowest BCUT2D eigenvalue weighted by Gasteiger charge is -2.35. The fraction of sp³-hybridized carbons (Fsp3) is 0.550. The van der Waals surface area contributed by atoms with Gasteiger partial charge in [-0.3, -0.25) is 9.69 Å². The van der Waals surface area contributed by atoms with Crippen molar-refractivity contribution in [1.82, 2.24) is 14.7 Å². The summed E-state index contributed by atoms with van der Waals surface area (Å²) >= 11 is 0. The van der Waals surface area contributed by atoms with Crippen LogP contribution in [-0.4, -0.2) is 73.0 Å². The fourth-order valence-corrected chi connectivity index (χ4v) is 3.10. The van der Waals surface area contributed by atoms with Crippen LogP contribution in [0.1, 0.15) is 19.4 Å². The normalized spacial score (nSPS) is 16.1. The molecule has 4 nitrogen and oxygen atoms in total. The Morgan fingerprint density at radius 1 is 1.12 bits per heavy atom. The zero-order chi connectivity index (χ0) is 17.4. The van der Waals surface area contributed by atoms with Crippen LogP contribution in [0.25, 0.3) is 0 Å². The lowest BCUT2D eigenvalue weighted by Crippen LogP contribution is -2.50. The number of nitrogens with zero attached hydrogens (tertiary/aromatic N) is 3. The Morgan fingerprint density at radius 2 is 1.75 bits per heavy atom. The summed E-state index contributed by atoms with van der Waals surface area (Å²) in [5.74, 6) is 0.221. The van der Waals surface area contributed by atoms with Crippen LogP contribution >= 0.6 is 0 Å². The van der Waals surface area contributed by atoms with Gasteiger partial charge in [-0.2, -0.15) is 0 Å². The number of amides is 1. The average Bonchev–Trinajstić information content (AvgIpc) is 2.59. The number of carbonyl (C=O) groups is 1. The zero-order valence-corrected chi connectivity index (χ0v) is 15.2. The molecule has 1 heterocycles. The van der Waals surface area contributed by atoms with Gasteiger partial charge in [0.15, 0.2) is 0 Å². The predicted octanol–water partition coefficient (Wildman–Crippen LogP) is 2.27. The Kier molecular flexibility index (Phi) is 7.47. The highest BCUT2D eigenvalue weighted by Crippen LogP contribution is 2.06. The first-order chi connectivity index (χ1) is 11.6. The molecule has 2 rings (SSSR count). The fourth-order valence-electron chi connectivity index (χ4n) is 3.10. The van der Waals surface area contributed by atoms with E-state index in [1.165, 1.54) is 5.56 Å². The Labute approximate surface area is 146 Å². The molecule has 1 aliphatic heterocycles. The highest BCUT2D eigenvalue weighted by molar-refractivity contribution is 5.78. The van der Waals surface area contributed by atoms with E-state index < -0.39 is 0 Å². The summed E-state index contributed by atoms with van der Waals surface area (Å²) in [6.07, 6.45) is 1.10. The quantitative estimate of drug-likeness (QED) is 0.685. The third-order valence-corrected chi connectivity index (χ3v) is 4.58. The second kappa shape index (κ2) is 9.60. The van der Waals surface area contributed by atoms with E-state index in [-0.39, 0.29) is 5.91 Å². The summed E-state index contributed by atoms with van der Waals surface area (Å²) in [4.78, 5) is 19.1. The highest BCUT2D eigenvalue weighted by Gasteiger charge is 2.21. The predicted molar refractivity (Wildman–Crippen MR) is 100 cm³/mol. The molecule has 1 aromatic carbocycles. The van der Waals surface area contributed by atoms with E-state index in [0.29, 0.717) is 13.1 Å². The van der Waals surface area contributed by atoms with E-state index in [1.807, 2.05) is 18.7 Å². The first-order valence-corrected chi connectivity index (χ1v) is 8.99. The molecule has 0 radical (unpaired) electrons. The largest absolute Gasteiger partial charge is 0.338 e. The molecule has 24 heavy (non-hydrogen) atoms. The molecule has 0 saturated carbocycles. The van der Waals surface area contributed by atoms with E-state index >= 15 is 0 Å². The van der Waals surface area contributed by atoms with Crippen molar-refractivity contribution in [2.75, 3.05) is 52.4 Å². The highest BCUT2D eigenvalue weighted by atomic mass is 16.2. The van der Waals surface area contributed by atoms with Gasteiger partial charge in [-0.05, 0) is 25.8 Å². The van der Waals surface area contributed by atoms with Crippen molar-refractivity contribution in [2.24, 2.45) is 0 Å². The first kappa shape index (κ1) is 18.7. The van der Waals surface area contributed by atoms with Crippen LogP contribution in [0.3, 0.4) is 0 Å². The molecule has 0 atom stereocenters.